The van der Waals surface area contributed by atoms with E-state index in [1.807, 2.05) is 31.2 Å². The fourth-order valence-corrected chi connectivity index (χ4v) is 4.08. The number of ether oxygens (including phenoxy) is 1. The average molecular weight is 387 g/mol. The summed E-state index contributed by atoms with van der Waals surface area (Å²) in [6.45, 7) is 5.99. The molecule has 2 aliphatic rings. The molecular weight excluding hydrogens is 364 g/mol. The minimum Gasteiger partial charge on any atom is -0.371 e. The molecule has 2 saturated heterocycles. The predicted molar refractivity (Wildman–Crippen MR) is 103 cm³/mol. The molecule has 2 aromatic rings. The van der Waals surface area contributed by atoms with Crippen molar-refractivity contribution in [2.24, 2.45) is 0 Å². The third-order valence-electron chi connectivity index (χ3n) is 5.19. The molecule has 0 spiro atoms. The van der Waals surface area contributed by atoms with E-state index in [2.05, 4.69) is 20.2 Å². The molecule has 7 heteroatoms. The number of nitrogens with zero attached hydrogens (tertiary/aromatic N) is 3. The highest BCUT2D eigenvalue weighted by Gasteiger charge is 2.38. The van der Waals surface area contributed by atoms with Crippen molar-refractivity contribution < 1.29 is 9.53 Å². The predicted octanol–water partition coefficient (Wildman–Crippen LogP) is 2.69. The molecule has 2 fully saturated rings. The zero-order valence-corrected chi connectivity index (χ0v) is 16.2. The number of amides is 1. The number of hydrogen-bond donors (Lipinski definition) is 1. The van der Waals surface area contributed by atoms with Crippen molar-refractivity contribution in [3.05, 3.63) is 58.1 Å². The second-order valence-corrected chi connectivity index (χ2v) is 7.77. The summed E-state index contributed by atoms with van der Waals surface area (Å²) in [5.41, 5.74) is 2.37. The molecule has 0 bridgehead atoms. The fraction of sp³-hybridized carbons (Fsp3) is 0.450. The van der Waals surface area contributed by atoms with Gasteiger partial charge in [-0.05, 0) is 44.0 Å². The maximum atomic E-state index is 12.6. The van der Waals surface area contributed by atoms with Crippen LogP contribution >= 0.6 is 11.6 Å². The van der Waals surface area contributed by atoms with Crippen molar-refractivity contribution in [2.45, 2.75) is 38.5 Å². The maximum absolute atomic E-state index is 12.6. The summed E-state index contributed by atoms with van der Waals surface area (Å²) in [6, 6.07) is 9.99. The Kier molecular flexibility index (Phi) is 5.12. The van der Waals surface area contributed by atoms with Crippen molar-refractivity contribution in [1.82, 2.24) is 20.2 Å². The van der Waals surface area contributed by atoms with Crippen LogP contribution in [-0.4, -0.2) is 52.6 Å². The van der Waals surface area contributed by atoms with Gasteiger partial charge in [0.05, 0.1) is 12.7 Å². The lowest BCUT2D eigenvalue weighted by Crippen LogP contribution is -2.43. The molecule has 3 heterocycles. The topological polar surface area (TPSA) is 67.3 Å². The molecule has 0 aliphatic carbocycles. The molecule has 1 aromatic heterocycles. The number of halogens is 1. The second kappa shape index (κ2) is 7.54. The normalized spacial score (nSPS) is 25.2. The highest BCUT2D eigenvalue weighted by Crippen LogP contribution is 2.30. The zero-order chi connectivity index (χ0) is 19.0. The maximum Gasteiger partial charge on any atom is 0.270 e. The van der Waals surface area contributed by atoms with Crippen LogP contribution in [0.5, 0.6) is 0 Å². The van der Waals surface area contributed by atoms with Gasteiger partial charge >= 0.3 is 0 Å². The molecule has 1 N–H and O–H groups in total. The summed E-state index contributed by atoms with van der Waals surface area (Å²) in [4.78, 5) is 23.5. The molecule has 0 radical (unpaired) electrons. The number of carbonyl (C=O) groups is 1. The quantitative estimate of drug-likeness (QED) is 0.878. The lowest BCUT2D eigenvalue weighted by atomic mass is 10.1. The van der Waals surface area contributed by atoms with E-state index in [-0.39, 0.29) is 18.1 Å². The highest BCUT2D eigenvalue weighted by molar-refractivity contribution is 6.30. The van der Waals surface area contributed by atoms with Gasteiger partial charge in [0, 0.05) is 35.9 Å². The molecule has 0 saturated carbocycles. The molecular formula is C20H23ClN4O2. The van der Waals surface area contributed by atoms with Crippen molar-refractivity contribution in [3.8, 4) is 0 Å². The van der Waals surface area contributed by atoms with Gasteiger partial charge in [0.1, 0.15) is 11.5 Å². The Balaban J connectivity index is 1.38. The Morgan fingerprint density at radius 2 is 2.00 bits per heavy atom. The minimum absolute atomic E-state index is 0.0418. The van der Waals surface area contributed by atoms with Crippen LogP contribution in [0.25, 0.3) is 0 Å². The molecule has 1 amide bonds. The van der Waals surface area contributed by atoms with Crippen molar-refractivity contribution >= 4 is 17.5 Å². The number of aryl methyl sites for hydroxylation is 2. The van der Waals surface area contributed by atoms with E-state index in [1.54, 1.807) is 13.0 Å². The van der Waals surface area contributed by atoms with Crippen LogP contribution in [0.4, 0.5) is 0 Å². The molecule has 6 nitrogen and oxygen atoms in total. The zero-order valence-electron chi connectivity index (χ0n) is 15.5. The number of carbonyl (C=O) groups excluding carboxylic acids is 1. The largest absolute Gasteiger partial charge is 0.371 e. The van der Waals surface area contributed by atoms with Crippen LogP contribution in [0.2, 0.25) is 5.02 Å². The van der Waals surface area contributed by atoms with Gasteiger partial charge in [-0.25, -0.2) is 9.97 Å². The number of nitrogens with one attached hydrogen (secondary N) is 1. The summed E-state index contributed by atoms with van der Waals surface area (Å²) in [7, 11) is 0. The number of aromatic nitrogens is 2. The molecule has 4 rings (SSSR count). The first-order valence-corrected chi connectivity index (χ1v) is 9.60. The van der Waals surface area contributed by atoms with Gasteiger partial charge in [0.25, 0.3) is 5.91 Å². The monoisotopic (exact) mass is 386 g/mol. The molecule has 0 unspecified atom stereocenters. The van der Waals surface area contributed by atoms with Gasteiger partial charge in [-0.3, -0.25) is 9.69 Å². The summed E-state index contributed by atoms with van der Waals surface area (Å²) in [6.07, 6.45) is 0.933. The number of benzene rings is 1. The Morgan fingerprint density at radius 1 is 1.22 bits per heavy atom. The van der Waals surface area contributed by atoms with Crippen LogP contribution in [0.1, 0.15) is 40.1 Å². The van der Waals surface area contributed by atoms with E-state index in [0.717, 1.165) is 35.8 Å². The fourth-order valence-electron chi connectivity index (χ4n) is 3.95. The first-order chi connectivity index (χ1) is 13.0. The molecule has 27 heavy (non-hydrogen) atoms. The van der Waals surface area contributed by atoms with Crippen molar-refractivity contribution in [2.75, 3.05) is 19.7 Å². The summed E-state index contributed by atoms with van der Waals surface area (Å²) in [5, 5.41) is 3.85. The van der Waals surface area contributed by atoms with Crippen LogP contribution in [0.15, 0.2) is 30.3 Å². The van der Waals surface area contributed by atoms with Gasteiger partial charge in [-0.2, -0.15) is 0 Å². The molecule has 142 valence electrons. The number of morpholine rings is 1. The van der Waals surface area contributed by atoms with Crippen LogP contribution in [-0.2, 0) is 4.74 Å². The van der Waals surface area contributed by atoms with Crippen LogP contribution < -0.4 is 5.32 Å². The third kappa shape index (κ3) is 4.13. The van der Waals surface area contributed by atoms with Crippen molar-refractivity contribution in [3.63, 3.8) is 0 Å². The number of hydrogen-bond acceptors (Lipinski definition) is 5. The minimum atomic E-state index is -0.136. The van der Waals surface area contributed by atoms with E-state index in [0.29, 0.717) is 24.2 Å². The summed E-state index contributed by atoms with van der Waals surface area (Å²) >= 11 is 5.98. The standard InChI is InChI=1S/C20H23ClN4O2/c1-12-7-18(23-13(2)22-12)20(26)24-16-8-17-11-27-19(10-25(17)9-16)14-3-5-15(21)6-4-14/h3-7,16-17,19H,8-11H2,1-2H3,(H,24,26)/t16-,17-,19+/m0/s1. The van der Waals surface area contributed by atoms with E-state index >= 15 is 0 Å². The first kappa shape index (κ1) is 18.3. The summed E-state index contributed by atoms with van der Waals surface area (Å²) < 4.78 is 6.07. The Morgan fingerprint density at radius 3 is 2.74 bits per heavy atom. The van der Waals surface area contributed by atoms with Crippen molar-refractivity contribution in [1.29, 1.82) is 0 Å². The number of fused-ring (bicyclic) bond motifs is 1. The Hall–Kier alpha value is -2.02. The van der Waals surface area contributed by atoms with Gasteiger partial charge < -0.3 is 10.1 Å². The molecule has 1 aromatic carbocycles. The van der Waals surface area contributed by atoms with E-state index in [1.165, 1.54) is 0 Å². The number of rotatable bonds is 3. The molecule has 2 aliphatic heterocycles. The lowest BCUT2D eigenvalue weighted by molar-refractivity contribution is -0.0502. The second-order valence-electron chi connectivity index (χ2n) is 7.33. The smallest absolute Gasteiger partial charge is 0.270 e. The average Bonchev–Trinajstić information content (AvgIpc) is 3.02. The van der Waals surface area contributed by atoms with Crippen LogP contribution in [0.3, 0.4) is 0 Å². The van der Waals surface area contributed by atoms with E-state index in [9.17, 15) is 4.79 Å². The Bertz CT molecular complexity index is 822. The summed E-state index contributed by atoms with van der Waals surface area (Å²) in [5.74, 6) is 0.479. The lowest BCUT2D eigenvalue weighted by Gasteiger charge is -2.35. The van der Waals surface area contributed by atoms with Gasteiger partial charge in [0.2, 0.25) is 0 Å². The highest BCUT2D eigenvalue weighted by atomic mass is 35.5. The Labute approximate surface area is 163 Å². The first-order valence-electron chi connectivity index (χ1n) is 9.22. The van der Waals surface area contributed by atoms with E-state index < -0.39 is 0 Å². The van der Waals surface area contributed by atoms with Gasteiger partial charge in [-0.1, -0.05) is 23.7 Å². The van der Waals surface area contributed by atoms with Crippen LogP contribution in [0, 0.1) is 13.8 Å². The third-order valence-corrected chi connectivity index (χ3v) is 5.45. The van der Waals surface area contributed by atoms with E-state index in [4.69, 9.17) is 16.3 Å². The SMILES string of the molecule is Cc1cc(C(=O)N[C@H]2C[C@H]3CO[C@@H](c4ccc(Cl)cc4)CN3C2)nc(C)n1. The van der Waals surface area contributed by atoms with Gasteiger partial charge in [-0.15, -0.1) is 0 Å². The van der Waals surface area contributed by atoms with Gasteiger partial charge in [0.15, 0.2) is 0 Å². The molecule has 3 atom stereocenters.